The zero-order chi connectivity index (χ0) is 22.2. The van der Waals surface area contributed by atoms with Gasteiger partial charge in [-0.25, -0.2) is 0 Å². The highest BCUT2D eigenvalue weighted by molar-refractivity contribution is 6.56. The van der Waals surface area contributed by atoms with Crippen LogP contribution in [0.15, 0.2) is 38.4 Å². The quantitative estimate of drug-likeness (QED) is 0.131. The molecule has 0 saturated carbocycles. The number of ether oxygens (including phenoxy) is 3. The summed E-state index contributed by atoms with van der Waals surface area (Å²) >= 11 is 34.3. The number of halogens is 6. The lowest BCUT2D eigenvalue weighted by Crippen LogP contribution is -2.02. The molecular formula is C19H21Cl6NO4. The summed E-state index contributed by atoms with van der Waals surface area (Å²) in [5.74, 6) is 0.919. The van der Waals surface area contributed by atoms with E-state index >= 15 is 0 Å². The van der Waals surface area contributed by atoms with Gasteiger partial charge in [-0.05, 0) is 31.4 Å². The number of benzene rings is 1. The summed E-state index contributed by atoms with van der Waals surface area (Å²) in [5.41, 5.74) is 0. The average molecular weight is 540 g/mol. The second-order valence-corrected chi connectivity index (χ2v) is 8.41. The van der Waals surface area contributed by atoms with Gasteiger partial charge < -0.3 is 19.0 Å². The molecular weight excluding hydrogens is 519 g/mol. The first-order valence-electron chi connectivity index (χ1n) is 8.88. The molecule has 1 aromatic carbocycles. The van der Waals surface area contributed by atoms with E-state index in [-0.39, 0.29) is 22.2 Å². The summed E-state index contributed by atoms with van der Waals surface area (Å²) in [6.07, 6.45) is 7.16. The van der Waals surface area contributed by atoms with E-state index in [1.54, 1.807) is 12.1 Å². The molecule has 0 atom stereocenters. The van der Waals surface area contributed by atoms with Crippen LogP contribution in [-0.2, 0) is 9.57 Å². The van der Waals surface area contributed by atoms with Crippen LogP contribution in [0.5, 0.6) is 11.5 Å². The van der Waals surface area contributed by atoms with Crippen molar-refractivity contribution >= 4 is 75.8 Å². The van der Waals surface area contributed by atoms with Crippen molar-refractivity contribution in [1.29, 1.82) is 0 Å². The number of rotatable bonds is 15. The second-order valence-electron chi connectivity index (χ2n) is 5.58. The van der Waals surface area contributed by atoms with Gasteiger partial charge in [0, 0.05) is 18.7 Å². The molecule has 0 radical (unpaired) electrons. The Labute approximate surface area is 206 Å². The standard InChI is InChI=1S/C19H21Cl6NO4/c20-15-12-14(28-9-4-17(22)23)13-16(21)19(15)29-8-3-1-2-7-27-11-6-26-30-10-5-18(24)25/h4-6,12-13H,1-3,7-11H2. The van der Waals surface area contributed by atoms with Crippen LogP contribution < -0.4 is 9.47 Å². The van der Waals surface area contributed by atoms with E-state index in [0.717, 1.165) is 19.3 Å². The lowest BCUT2D eigenvalue weighted by atomic mass is 10.2. The maximum Gasteiger partial charge on any atom is 0.156 e. The molecule has 0 fully saturated rings. The van der Waals surface area contributed by atoms with E-state index in [9.17, 15) is 0 Å². The van der Waals surface area contributed by atoms with Gasteiger partial charge >= 0.3 is 0 Å². The van der Waals surface area contributed by atoms with Crippen LogP contribution in [0.4, 0.5) is 0 Å². The summed E-state index contributed by atoms with van der Waals surface area (Å²) in [6, 6.07) is 3.25. The Hall–Kier alpha value is -0.530. The van der Waals surface area contributed by atoms with Crippen LogP contribution in [-0.4, -0.2) is 39.2 Å². The van der Waals surface area contributed by atoms with Crippen LogP contribution in [0.25, 0.3) is 0 Å². The molecule has 168 valence electrons. The summed E-state index contributed by atoms with van der Waals surface area (Å²) < 4.78 is 16.8. The monoisotopic (exact) mass is 537 g/mol. The number of oxime groups is 1. The lowest BCUT2D eigenvalue weighted by Gasteiger charge is -2.12. The van der Waals surface area contributed by atoms with Crippen LogP contribution in [0, 0.1) is 0 Å². The van der Waals surface area contributed by atoms with Gasteiger partial charge in [0.05, 0.1) is 29.5 Å². The predicted octanol–water partition coefficient (Wildman–Crippen LogP) is 7.58. The molecule has 5 nitrogen and oxygen atoms in total. The van der Waals surface area contributed by atoms with E-state index in [2.05, 4.69) is 5.16 Å². The molecule has 0 amide bonds. The Kier molecular flexibility index (Phi) is 15.7. The van der Waals surface area contributed by atoms with E-state index in [1.165, 1.54) is 18.4 Å². The van der Waals surface area contributed by atoms with Crippen LogP contribution >= 0.6 is 69.6 Å². The van der Waals surface area contributed by atoms with Crippen LogP contribution in [0.1, 0.15) is 19.3 Å². The van der Waals surface area contributed by atoms with Gasteiger partial charge in [0.1, 0.15) is 27.9 Å². The van der Waals surface area contributed by atoms with Gasteiger partial charge in [0.2, 0.25) is 0 Å². The third kappa shape index (κ3) is 13.7. The third-order valence-corrected chi connectivity index (χ3v) is 4.47. The Bertz CT molecular complexity index is 696. The maximum atomic E-state index is 6.22. The minimum absolute atomic E-state index is 0.126. The highest BCUT2D eigenvalue weighted by Gasteiger charge is 2.10. The zero-order valence-corrected chi connectivity index (χ0v) is 20.4. The molecule has 1 aromatic rings. The molecule has 0 bridgehead atoms. The van der Waals surface area contributed by atoms with E-state index in [4.69, 9.17) is 88.7 Å². The smallest absolute Gasteiger partial charge is 0.156 e. The fraction of sp³-hybridized carbons (Fsp3) is 0.421. The molecule has 0 N–H and O–H groups in total. The first-order valence-corrected chi connectivity index (χ1v) is 11.2. The Morgan fingerprint density at radius 2 is 1.43 bits per heavy atom. The van der Waals surface area contributed by atoms with Gasteiger partial charge in [-0.2, -0.15) is 0 Å². The molecule has 0 unspecified atom stereocenters. The number of hydrogen-bond donors (Lipinski definition) is 0. The lowest BCUT2D eigenvalue weighted by molar-refractivity contribution is 0.152. The SMILES string of the molecule is ClC(Cl)=CCON=CCOCCCCCOc1c(Cl)cc(OCC=C(Cl)Cl)cc1Cl. The summed E-state index contributed by atoms with van der Waals surface area (Å²) in [5, 5.41) is 4.43. The molecule has 0 spiro atoms. The topological polar surface area (TPSA) is 49.3 Å². The largest absolute Gasteiger partial charge is 0.490 e. The molecule has 30 heavy (non-hydrogen) atoms. The number of unbranched alkanes of at least 4 members (excludes halogenated alkanes) is 2. The van der Waals surface area contributed by atoms with Crippen molar-refractivity contribution in [3.05, 3.63) is 43.3 Å². The molecule has 0 aromatic heterocycles. The first-order chi connectivity index (χ1) is 14.4. The Balaban J connectivity index is 2.16. The highest BCUT2D eigenvalue weighted by Crippen LogP contribution is 2.37. The van der Waals surface area contributed by atoms with Crippen molar-refractivity contribution in [2.75, 3.05) is 33.0 Å². The molecule has 1 rings (SSSR count). The Morgan fingerprint density at radius 1 is 0.800 bits per heavy atom. The summed E-state index contributed by atoms with van der Waals surface area (Å²) in [7, 11) is 0. The molecule has 0 heterocycles. The fourth-order valence-corrected chi connectivity index (χ4v) is 2.81. The van der Waals surface area contributed by atoms with Gasteiger partial charge in [-0.1, -0.05) is 74.8 Å². The number of hydrogen-bond acceptors (Lipinski definition) is 5. The molecule has 0 aliphatic heterocycles. The van der Waals surface area contributed by atoms with E-state index < -0.39 is 0 Å². The van der Waals surface area contributed by atoms with Gasteiger partial charge in [0.25, 0.3) is 0 Å². The van der Waals surface area contributed by atoms with E-state index in [0.29, 0.717) is 41.4 Å². The van der Waals surface area contributed by atoms with Crippen molar-refractivity contribution < 1.29 is 19.0 Å². The van der Waals surface area contributed by atoms with Crippen LogP contribution in [0.2, 0.25) is 10.0 Å². The maximum absolute atomic E-state index is 6.22. The second kappa shape index (κ2) is 17.1. The van der Waals surface area contributed by atoms with Gasteiger partial charge in [-0.15, -0.1) is 0 Å². The van der Waals surface area contributed by atoms with Crippen molar-refractivity contribution in [2.45, 2.75) is 19.3 Å². The van der Waals surface area contributed by atoms with Crippen molar-refractivity contribution in [3.8, 4) is 11.5 Å². The normalized spacial score (nSPS) is 10.7. The highest BCUT2D eigenvalue weighted by atomic mass is 35.5. The third-order valence-electron chi connectivity index (χ3n) is 3.29. The zero-order valence-electron chi connectivity index (χ0n) is 15.9. The first kappa shape index (κ1) is 27.5. The minimum Gasteiger partial charge on any atom is -0.490 e. The Morgan fingerprint density at radius 3 is 2.10 bits per heavy atom. The minimum atomic E-state index is 0.126. The van der Waals surface area contributed by atoms with Crippen molar-refractivity contribution in [1.82, 2.24) is 0 Å². The molecule has 0 saturated heterocycles. The summed E-state index contributed by atoms with van der Waals surface area (Å²) in [4.78, 5) is 4.89. The average Bonchev–Trinajstić information content (AvgIpc) is 2.66. The van der Waals surface area contributed by atoms with E-state index in [1.807, 2.05) is 0 Å². The van der Waals surface area contributed by atoms with Crippen LogP contribution in [0.3, 0.4) is 0 Å². The predicted molar refractivity (Wildman–Crippen MR) is 126 cm³/mol. The van der Waals surface area contributed by atoms with Crippen molar-refractivity contribution in [2.24, 2.45) is 5.16 Å². The van der Waals surface area contributed by atoms with Gasteiger partial charge in [0.15, 0.2) is 5.75 Å². The summed E-state index contributed by atoms with van der Waals surface area (Å²) in [6.45, 7) is 1.87. The molecule has 0 aliphatic carbocycles. The van der Waals surface area contributed by atoms with Crippen molar-refractivity contribution in [3.63, 3.8) is 0 Å². The van der Waals surface area contributed by atoms with Gasteiger partial charge in [-0.3, -0.25) is 0 Å². The molecule has 0 aliphatic rings. The fourth-order valence-electron chi connectivity index (χ4n) is 1.98. The number of nitrogens with zero attached hydrogens (tertiary/aromatic N) is 1. The molecule has 11 heteroatoms.